The van der Waals surface area contributed by atoms with Crippen molar-refractivity contribution in [3.05, 3.63) is 109 Å². The summed E-state index contributed by atoms with van der Waals surface area (Å²) in [6, 6.07) is 24.3. The fourth-order valence-corrected chi connectivity index (χ4v) is 4.94. The lowest BCUT2D eigenvalue weighted by molar-refractivity contribution is -0.131. The molecule has 0 radical (unpaired) electrons. The second-order valence-corrected chi connectivity index (χ2v) is 10.3. The summed E-state index contributed by atoms with van der Waals surface area (Å²) in [5.74, 6) is 0.0573. The molecule has 8 nitrogen and oxygen atoms in total. The molecule has 1 saturated carbocycles. The maximum atomic E-state index is 13.2. The van der Waals surface area contributed by atoms with E-state index in [2.05, 4.69) is 31.7 Å². The van der Waals surface area contributed by atoms with Gasteiger partial charge in [0, 0.05) is 46.3 Å². The van der Waals surface area contributed by atoms with E-state index in [9.17, 15) is 14.0 Å². The van der Waals surface area contributed by atoms with Crippen molar-refractivity contribution in [2.24, 2.45) is 5.41 Å². The van der Waals surface area contributed by atoms with Crippen LogP contribution in [0.15, 0.2) is 104 Å². The van der Waals surface area contributed by atoms with E-state index in [4.69, 9.17) is 4.74 Å². The number of carbonyl (C=O) groups is 2. The van der Waals surface area contributed by atoms with E-state index in [1.165, 1.54) is 24.3 Å². The Kier molecular flexibility index (Phi) is 6.12. The van der Waals surface area contributed by atoms with Crippen LogP contribution in [0.4, 0.5) is 15.8 Å². The van der Waals surface area contributed by atoms with Crippen molar-refractivity contribution < 1.29 is 18.7 Å². The van der Waals surface area contributed by atoms with Gasteiger partial charge in [-0.15, -0.1) is 0 Å². The highest BCUT2D eigenvalue weighted by atomic mass is 19.1. The molecule has 1 aliphatic rings. The molecule has 3 heterocycles. The van der Waals surface area contributed by atoms with Crippen LogP contribution in [0.1, 0.15) is 12.8 Å². The molecule has 7 rings (SSSR count). The topological polar surface area (TPSA) is 109 Å². The normalized spacial score (nSPS) is 13.5. The predicted octanol–water partition coefficient (Wildman–Crippen LogP) is 7.07. The van der Waals surface area contributed by atoms with Gasteiger partial charge in [0.25, 0.3) is 0 Å². The summed E-state index contributed by atoms with van der Waals surface area (Å²) in [6.07, 6.45) is 6.30. The van der Waals surface area contributed by atoms with E-state index < -0.39 is 17.1 Å². The second-order valence-electron chi connectivity index (χ2n) is 10.3. The maximum Gasteiger partial charge on any atom is 0.240 e. The molecular weight excluding hydrogens is 533 g/mol. The Bertz CT molecular complexity index is 1960. The molecule has 0 unspecified atom stereocenters. The van der Waals surface area contributed by atoms with Crippen molar-refractivity contribution in [1.29, 1.82) is 0 Å². The fraction of sp³-hybridized carbons (Fsp3) is 0.0909. The standard InChI is InChI=1S/C33H24FN5O3/c34-23-2-4-24(5-3-23)38-31(40)33(13-14-33)32(41)39-25-6-8-26(9-7-25)42-29-12-16-35-28-18-20(1-10-27(28)29)22-17-21-11-15-36-30(21)37-19-22/h1-12,15-19H,13-14H2,(H,36,37)(H,38,40)(H,39,41). The Balaban J connectivity index is 1.04. The number of pyridine rings is 2. The van der Waals surface area contributed by atoms with Crippen LogP contribution in [0.25, 0.3) is 33.1 Å². The number of hydrogen-bond donors (Lipinski definition) is 3. The van der Waals surface area contributed by atoms with Crippen LogP contribution in [0.5, 0.6) is 11.5 Å². The minimum absolute atomic E-state index is 0.377. The average Bonchev–Trinajstić information content (AvgIpc) is 3.70. The molecular formula is C33H24FN5O3. The third-order valence-electron chi connectivity index (χ3n) is 7.50. The smallest absolute Gasteiger partial charge is 0.240 e. The molecule has 0 saturated heterocycles. The first-order valence-corrected chi connectivity index (χ1v) is 13.5. The quantitative estimate of drug-likeness (QED) is 0.182. The molecule has 0 spiro atoms. The van der Waals surface area contributed by atoms with Crippen molar-refractivity contribution in [1.82, 2.24) is 15.0 Å². The van der Waals surface area contributed by atoms with Crippen molar-refractivity contribution in [3.63, 3.8) is 0 Å². The number of benzene rings is 3. The molecule has 6 aromatic rings. The van der Waals surface area contributed by atoms with Crippen LogP contribution in [-0.2, 0) is 9.59 Å². The van der Waals surface area contributed by atoms with Gasteiger partial charge in [0.05, 0.1) is 5.52 Å². The van der Waals surface area contributed by atoms with Crippen LogP contribution in [0.2, 0.25) is 0 Å². The lowest BCUT2D eigenvalue weighted by atomic mass is 10.0. The summed E-state index contributed by atoms with van der Waals surface area (Å²) >= 11 is 0. The average molecular weight is 558 g/mol. The number of aromatic nitrogens is 3. The van der Waals surface area contributed by atoms with Crippen LogP contribution in [-0.4, -0.2) is 26.8 Å². The van der Waals surface area contributed by atoms with E-state index in [-0.39, 0.29) is 5.91 Å². The highest BCUT2D eigenvalue weighted by Gasteiger charge is 2.56. The number of nitrogens with one attached hydrogen (secondary N) is 3. The van der Waals surface area contributed by atoms with Crippen molar-refractivity contribution >= 4 is 45.1 Å². The van der Waals surface area contributed by atoms with Crippen LogP contribution >= 0.6 is 0 Å². The summed E-state index contributed by atoms with van der Waals surface area (Å²) in [7, 11) is 0. The van der Waals surface area contributed by atoms with Gasteiger partial charge in [0.1, 0.15) is 28.4 Å². The summed E-state index contributed by atoms with van der Waals surface area (Å²) in [6.45, 7) is 0. The van der Waals surface area contributed by atoms with E-state index in [1.54, 1.807) is 30.5 Å². The van der Waals surface area contributed by atoms with E-state index >= 15 is 0 Å². The van der Waals surface area contributed by atoms with E-state index in [1.807, 2.05) is 42.7 Å². The van der Waals surface area contributed by atoms with Gasteiger partial charge in [-0.3, -0.25) is 14.6 Å². The predicted molar refractivity (Wildman–Crippen MR) is 159 cm³/mol. The molecule has 1 fully saturated rings. The number of rotatable bonds is 7. The number of halogens is 1. The largest absolute Gasteiger partial charge is 0.457 e. The first-order chi connectivity index (χ1) is 20.5. The summed E-state index contributed by atoms with van der Waals surface area (Å²) in [5.41, 5.74) is 3.48. The van der Waals surface area contributed by atoms with Gasteiger partial charge in [-0.05, 0) is 97.3 Å². The molecule has 0 atom stereocenters. The number of amides is 2. The lowest BCUT2D eigenvalue weighted by Crippen LogP contribution is -2.35. The monoisotopic (exact) mass is 557 g/mol. The number of carbonyl (C=O) groups excluding carboxylic acids is 2. The van der Waals surface area contributed by atoms with Crippen molar-refractivity contribution in [3.8, 4) is 22.6 Å². The number of ether oxygens (including phenoxy) is 1. The zero-order chi connectivity index (χ0) is 28.7. The van der Waals surface area contributed by atoms with E-state index in [0.717, 1.165) is 33.1 Å². The molecule has 3 aromatic carbocycles. The molecule has 1 aliphatic carbocycles. The second kappa shape index (κ2) is 10.1. The zero-order valence-electron chi connectivity index (χ0n) is 22.2. The van der Waals surface area contributed by atoms with Crippen molar-refractivity contribution in [2.45, 2.75) is 12.8 Å². The highest BCUT2D eigenvalue weighted by Crippen LogP contribution is 2.47. The molecule has 42 heavy (non-hydrogen) atoms. The Hall–Kier alpha value is -5.57. The van der Waals surface area contributed by atoms with Gasteiger partial charge in [-0.2, -0.15) is 0 Å². The lowest BCUT2D eigenvalue weighted by Gasteiger charge is -2.16. The van der Waals surface area contributed by atoms with Gasteiger partial charge < -0.3 is 20.4 Å². The number of fused-ring (bicyclic) bond motifs is 2. The number of hydrogen-bond acceptors (Lipinski definition) is 5. The summed E-state index contributed by atoms with van der Waals surface area (Å²) < 4.78 is 19.4. The third-order valence-corrected chi connectivity index (χ3v) is 7.50. The minimum Gasteiger partial charge on any atom is -0.457 e. The number of H-pyrrole nitrogens is 1. The molecule has 9 heteroatoms. The van der Waals surface area contributed by atoms with Crippen molar-refractivity contribution in [2.75, 3.05) is 10.6 Å². The maximum absolute atomic E-state index is 13.2. The fourth-order valence-electron chi connectivity index (χ4n) is 4.94. The van der Waals surface area contributed by atoms with Gasteiger partial charge in [0.15, 0.2) is 0 Å². The molecule has 3 N–H and O–H groups in total. The van der Waals surface area contributed by atoms with Crippen LogP contribution < -0.4 is 15.4 Å². The third kappa shape index (κ3) is 4.81. The van der Waals surface area contributed by atoms with Gasteiger partial charge >= 0.3 is 0 Å². The minimum atomic E-state index is -1.14. The van der Waals surface area contributed by atoms with Crippen LogP contribution in [0, 0.1) is 11.2 Å². The molecule has 0 bridgehead atoms. The highest BCUT2D eigenvalue weighted by molar-refractivity contribution is 6.16. The zero-order valence-corrected chi connectivity index (χ0v) is 22.2. The molecule has 0 aliphatic heterocycles. The Morgan fingerprint density at radius 3 is 2.24 bits per heavy atom. The molecule has 2 amide bonds. The number of aromatic amines is 1. The Labute approximate surface area is 239 Å². The van der Waals surface area contributed by atoms with Crippen LogP contribution in [0.3, 0.4) is 0 Å². The summed E-state index contributed by atoms with van der Waals surface area (Å²) in [5, 5.41) is 7.45. The summed E-state index contributed by atoms with van der Waals surface area (Å²) in [4.78, 5) is 38.0. The van der Waals surface area contributed by atoms with E-state index in [0.29, 0.717) is 35.7 Å². The Morgan fingerprint density at radius 1 is 0.810 bits per heavy atom. The Morgan fingerprint density at radius 2 is 1.52 bits per heavy atom. The van der Waals surface area contributed by atoms with Gasteiger partial charge in [-0.25, -0.2) is 9.37 Å². The number of nitrogens with zero attached hydrogens (tertiary/aromatic N) is 2. The SMILES string of the molecule is O=C(Nc1ccc(F)cc1)C1(C(=O)Nc2ccc(Oc3ccnc4cc(-c5cnc6[nH]ccc6c5)ccc34)cc2)CC1. The van der Waals surface area contributed by atoms with Gasteiger partial charge in [-0.1, -0.05) is 6.07 Å². The molecule has 206 valence electrons. The first-order valence-electron chi connectivity index (χ1n) is 13.5. The molecule has 3 aromatic heterocycles. The van der Waals surface area contributed by atoms with Gasteiger partial charge in [0.2, 0.25) is 11.8 Å². The first kappa shape index (κ1) is 25.4. The number of anilines is 2.